The second kappa shape index (κ2) is 7.70. The first-order valence-corrected chi connectivity index (χ1v) is 9.93. The van der Waals surface area contributed by atoms with Crippen LogP contribution in [0.3, 0.4) is 0 Å². The van der Waals surface area contributed by atoms with Gasteiger partial charge in [0.1, 0.15) is 5.82 Å². The van der Waals surface area contributed by atoms with Gasteiger partial charge in [-0.1, -0.05) is 19.1 Å². The molecule has 0 radical (unpaired) electrons. The van der Waals surface area contributed by atoms with Gasteiger partial charge in [-0.05, 0) is 49.4 Å². The molecule has 4 heterocycles. The average molecular weight is 346 g/mol. The summed E-state index contributed by atoms with van der Waals surface area (Å²) in [5.41, 5.74) is 7.73. The highest BCUT2D eigenvalue weighted by Gasteiger charge is 2.37. The van der Waals surface area contributed by atoms with E-state index in [-0.39, 0.29) is 11.9 Å². The zero-order valence-electron chi connectivity index (χ0n) is 15.3. The Bertz CT molecular complexity index is 581. The van der Waals surface area contributed by atoms with E-state index in [2.05, 4.69) is 27.6 Å². The summed E-state index contributed by atoms with van der Waals surface area (Å²) in [7, 11) is 0. The molecule has 2 N–H and O–H groups in total. The number of halogens is 1. The molecule has 0 spiro atoms. The molecule has 2 unspecified atom stereocenters. The minimum Gasteiger partial charge on any atom is -0.301 e. The smallest absolute Gasteiger partial charge is 0.123 e. The van der Waals surface area contributed by atoms with E-state index in [1.165, 1.54) is 51.5 Å². The van der Waals surface area contributed by atoms with E-state index in [9.17, 15) is 4.39 Å². The Kier molecular flexibility index (Phi) is 5.36. The SMILES string of the molecule is CCCN1C[C@H]2CC[C@@H]1CN(CC1CNNC1c1cccc(F)c1)C2. The molecule has 0 saturated carbocycles. The summed E-state index contributed by atoms with van der Waals surface area (Å²) in [6, 6.07) is 7.98. The highest BCUT2D eigenvalue weighted by Crippen LogP contribution is 2.31. The third-order valence-electron chi connectivity index (χ3n) is 6.21. The second-order valence-corrected chi connectivity index (χ2v) is 8.13. The van der Waals surface area contributed by atoms with Crippen LogP contribution in [0.1, 0.15) is 37.8 Å². The lowest BCUT2D eigenvalue weighted by atomic mass is 9.94. The van der Waals surface area contributed by atoms with E-state index >= 15 is 0 Å². The van der Waals surface area contributed by atoms with Crippen LogP contribution in [0.25, 0.3) is 0 Å². The Morgan fingerprint density at radius 2 is 2.12 bits per heavy atom. The fraction of sp³-hybridized carbons (Fsp3) is 0.700. The molecule has 25 heavy (non-hydrogen) atoms. The van der Waals surface area contributed by atoms with Gasteiger partial charge in [0.05, 0.1) is 6.04 Å². The average Bonchev–Trinajstić information content (AvgIpc) is 2.88. The van der Waals surface area contributed by atoms with E-state index in [0.717, 1.165) is 30.6 Å². The van der Waals surface area contributed by atoms with Crippen LogP contribution in [0.4, 0.5) is 4.39 Å². The predicted octanol–water partition coefficient (Wildman–Crippen LogP) is 2.40. The molecule has 4 nitrogen and oxygen atoms in total. The Morgan fingerprint density at radius 1 is 1.20 bits per heavy atom. The van der Waals surface area contributed by atoms with Crippen LogP contribution < -0.4 is 10.9 Å². The number of nitrogens with one attached hydrogen (secondary N) is 2. The minimum absolute atomic E-state index is 0.145. The van der Waals surface area contributed by atoms with E-state index in [1.807, 2.05) is 12.1 Å². The van der Waals surface area contributed by atoms with E-state index in [1.54, 1.807) is 6.07 Å². The Morgan fingerprint density at radius 3 is 2.96 bits per heavy atom. The normalized spacial score (nSPS) is 33.7. The molecule has 4 aliphatic heterocycles. The van der Waals surface area contributed by atoms with Crippen molar-refractivity contribution >= 4 is 0 Å². The molecular weight excluding hydrogens is 315 g/mol. The minimum atomic E-state index is -0.145. The highest BCUT2D eigenvalue weighted by atomic mass is 19.1. The largest absolute Gasteiger partial charge is 0.301 e. The summed E-state index contributed by atoms with van der Waals surface area (Å²) in [5.74, 6) is 1.16. The monoisotopic (exact) mass is 346 g/mol. The molecule has 1 aromatic carbocycles. The first-order valence-electron chi connectivity index (χ1n) is 9.93. The van der Waals surface area contributed by atoms with Gasteiger partial charge < -0.3 is 4.90 Å². The van der Waals surface area contributed by atoms with Gasteiger partial charge in [-0.25, -0.2) is 9.82 Å². The summed E-state index contributed by atoms with van der Waals surface area (Å²) in [4.78, 5) is 5.41. The Balaban J connectivity index is 1.43. The lowest BCUT2D eigenvalue weighted by Gasteiger charge is -2.36. The number of benzene rings is 1. The molecule has 4 atom stereocenters. The number of hydrogen-bond donors (Lipinski definition) is 2. The van der Waals surface area contributed by atoms with Crippen molar-refractivity contribution in [3.05, 3.63) is 35.6 Å². The summed E-state index contributed by atoms with van der Waals surface area (Å²) in [5, 5.41) is 0. The molecule has 5 rings (SSSR count). The van der Waals surface area contributed by atoms with E-state index in [0.29, 0.717) is 5.92 Å². The maximum absolute atomic E-state index is 13.6. The third kappa shape index (κ3) is 3.90. The van der Waals surface area contributed by atoms with Crippen LogP contribution in [0.5, 0.6) is 0 Å². The van der Waals surface area contributed by atoms with Gasteiger partial charge in [0, 0.05) is 44.7 Å². The van der Waals surface area contributed by atoms with Crippen molar-refractivity contribution in [2.75, 3.05) is 39.3 Å². The van der Waals surface area contributed by atoms with Gasteiger partial charge >= 0.3 is 0 Å². The van der Waals surface area contributed by atoms with Gasteiger partial charge in [0.25, 0.3) is 0 Å². The number of piperidine rings is 1. The topological polar surface area (TPSA) is 30.5 Å². The number of rotatable bonds is 5. The molecule has 4 saturated heterocycles. The van der Waals surface area contributed by atoms with Crippen molar-refractivity contribution in [1.29, 1.82) is 0 Å². The first kappa shape index (κ1) is 17.4. The van der Waals surface area contributed by atoms with E-state index < -0.39 is 0 Å². The molecule has 5 heteroatoms. The van der Waals surface area contributed by atoms with Gasteiger partial charge in [0.15, 0.2) is 0 Å². The molecule has 2 bridgehead atoms. The molecule has 138 valence electrons. The molecule has 0 aromatic heterocycles. The van der Waals surface area contributed by atoms with Gasteiger partial charge in [-0.3, -0.25) is 10.3 Å². The molecule has 4 aliphatic rings. The number of nitrogens with zero attached hydrogens (tertiary/aromatic N) is 2. The maximum Gasteiger partial charge on any atom is 0.123 e. The van der Waals surface area contributed by atoms with Crippen molar-refractivity contribution in [3.8, 4) is 0 Å². The van der Waals surface area contributed by atoms with Crippen molar-refractivity contribution in [3.63, 3.8) is 0 Å². The van der Waals surface area contributed by atoms with Gasteiger partial charge in [0.2, 0.25) is 0 Å². The van der Waals surface area contributed by atoms with Crippen LogP contribution in [-0.2, 0) is 0 Å². The number of fused-ring (bicyclic) bond motifs is 4. The highest BCUT2D eigenvalue weighted by molar-refractivity contribution is 5.22. The number of hydrazine groups is 1. The van der Waals surface area contributed by atoms with Crippen LogP contribution in [0, 0.1) is 17.7 Å². The van der Waals surface area contributed by atoms with Crippen molar-refractivity contribution in [2.45, 2.75) is 38.3 Å². The molecular formula is C20H31FN4. The van der Waals surface area contributed by atoms with E-state index in [4.69, 9.17) is 0 Å². The summed E-state index contributed by atoms with van der Waals surface area (Å²) < 4.78 is 13.6. The van der Waals surface area contributed by atoms with Crippen LogP contribution in [0.15, 0.2) is 24.3 Å². The molecule has 0 aliphatic carbocycles. The predicted molar refractivity (Wildman–Crippen MR) is 98.6 cm³/mol. The van der Waals surface area contributed by atoms with Gasteiger partial charge in [-0.15, -0.1) is 0 Å². The summed E-state index contributed by atoms with van der Waals surface area (Å²) >= 11 is 0. The zero-order chi connectivity index (χ0) is 17.2. The van der Waals surface area contributed by atoms with Crippen LogP contribution >= 0.6 is 0 Å². The fourth-order valence-electron chi connectivity index (χ4n) is 5.08. The Labute approximate surface area is 150 Å². The molecule has 1 aromatic rings. The summed E-state index contributed by atoms with van der Waals surface area (Å²) in [6.07, 6.45) is 3.99. The van der Waals surface area contributed by atoms with Crippen LogP contribution in [0.2, 0.25) is 0 Å². The lowest BCUT2D eigenvalue weighted by molar-refractivity contribution is 0.130. The standard InChI is InChI=1S/C20H31FN4/c1-2-8-25-12-15-6-7-19(25)14-24(11-15)13-17-10-22-23-20(17)16-4-3-5-18(21)9-16/h3-5,9,15,17,19-20,22-23H,2,6-8,10-14H2,1H3/t15-,17?,19+,20?/m0/s1. The summed E-state index contributed by atoms with van der Waals surface area (Å²) in [6.45, 7) is 9.28. The fourth-order valence-corrected chi connectivity index (χ4v) is 5.08. The molecule has 4 fully saturated rings. The Hall–Kier alpha value is -1.01. The van der Waals surface area contributed by atoms with Crippen molar-refractivity contribution < 1.29 is 4.39 Å². The van der Waals surface area contributed by atoms with Crippen molar-refractivity contribution in [2.24, 2.45) is 11.8 Å². The third-order valence-corrected chi connectivity index (χ3v) is 6.21. The number of hydrogen-bond acceptors (Lipinski definition) is 4. The zero-order valence-corrected chi connectivity index (χ0v) is 15.3. The lowest BCUT2D eigenvalue weighted by Crippen LogP contribution is -2.44. The van der Waals surface area contributed by atoms with Crippen LogP contribution in [-0.4, -0.2) is 55.1 Å². The first-order chi connectivity index (χ1) is 12.2. The second-order valence-electron chi connectivity index (χ2n) is 8.13. The van der Waals surface area contributed by atoms with Crippen molar-refractivity contribution in [1.82, 2.24) is 20.7 Å². The maximum atomic E-state index is 13.6. The molecule has 0 amide bonds. The quantitative estimate of drug-likeness (QED) is 0.857. The van der Waals surface area contributed by atoms with Gasteiger partial charge in [-0.2, -0.15) is 0 Å².